The predicted molar refractivity (Wildman–Crippen MR) is 76.1 cm³/mol. The van der Waals surface area contributed by atoms with Gasteiger partial charge < -0.3 is 10.1 Å². The molecule has 0 spiro atoms. The molecule has 2 rings (SSSR count). The minimum Gasteiger partial charge on any atom is -0.493 e. The van der Waals surface area contributed by atoms with Crippen molar-refractivity contribution in [2.75, 3.05) is 13.2 Å². The number of para-hydroxylation sites is 1. The zero-order valence-electron chi connectivity index (χ0n) is 11.0. The molecule has 1 saturated heterocycles. The van der Waals surface area contributed by atoms with Gasteiger partial charge >= 0.3 is 0 Å². The van der Waals surface area contributed by atoms with E-state index in [0.717, 1.165) is 31.7 Å². The van der Waals surface area contributed by atoms with Crippen molar-refractivity contribution in [1.82, 2.24) is 5.32 Å². The maximum Gasteiger partial charge on any atom is 0.122 e. The van der Waals surface area contributed by atoms with Gasteiger partial charge in [-0.15, -0.1) is 6.58 Å². The van der Waals surface area contributed by atoms with E-state index in [-0.39, 0.29) is 0 Å². The van der Waals surface area contributed by atoms with Gasteiger partial charge in [0, 0.05) is 6.04 Å². The van der Waals surface area contributed by atoms with Crippen molar-refractivity contribution in [3.63, 3.8) is 0 Å². The first-order valence-electron chi connectivity index (χ1n) is 6.95. The van der Waals surface area contributed by atoms with Crippen molar-refractivity contribution in [3.8, 4) is 5.75 Å². The molecule has 1 atom stereocenters. The second kappa shape index (κ2) is 7.22. The van der Waals surface area contributed by atoms with Crippen LogP contribution in [0.25, 0.3) is 0 Å². The van der Waals surface area contributed by atoms with E-state index in [1.807, 2.05) is 24.3 Å². The van der Waals surface area contributed by atoms with Crippen molar-refractivity contribution >= 4 is 0 Å². The lowest BCUT2D eigenvalue weighted by Gasteiger charge is -2.23. The summed E-state index contributed by atoms with van der Waals surface area (Å²) in [4.78, 5) is 0. The summed E-state index contributed by atoms with van der Waals surface area (Å²) in [6.45, 7) is 5.75. The van der Waals surface area contributed by atoms with Crippen LogP contribution in [0.1, 0.15) is 31.2 Å². The molecule has 0 radical (unpaired) electrons. The molecule has 1 fully saturated rings. The highest BCUT2D eigenvalue weighted by Gasteiger charge is 2.12. The van der Waals surface area contributed by atoms with E-state index in [9.17, 15) is 0 Å². The van der Waals surface area contributed by atoms with Crippen LogP contribution in [-0.2, 0) is 6.42 Å². The van der Waals surface area contributed by atoms with E-state index < -0.39 is 0 Å². The highest BCUT2D eigenvalue weighted by Crippen LogP contribution is 2.19. The van der Waals surface area contributed by atoms with Crippen LogP contribution >= 0.6 is 0 Å². The fraction of sp³-hybridized carbons (Fsp3) is 0.500. The van der Waals surface area contributed by atoms with E-state index in [4.69, 9.17) is 4.74 Å². The summed E-state index contributed by atoms with van der Waals surface area (Å²) in [7, 11) is 0. The molecule has 1 aliphatic rings. The quantitative estimate of drug-likeness (QED) is 0.776. The zero-order valence-corrected chi connectivity index (χ0v) is 11.0. The molecule has 1 aromatic carbocycles. The Hall–Kier alpha value is -1.28. The highest BCUT2D eigenvalue weighted by molar-refractivity contribution is 5.34. The summed E-state index contributed by atoms with van der Waals surface area (Å²) in [5.41, 5.74) is 1.23. The lowest BCUT2D eigenvalue weighted by molar-refractivity contribution is 0.266. The number of benzene rings is 1. The number of nitrogens with one attached hydrogen (secondary N) is 1. The SMILES string of the molecule is C=CCc1ccccc1OCC[C@H]1CCCCN1. The molecule has 0 saturated carbocycles. The molecule has 0 aliphatic carbocycles. The summed E-state index contributed by atoms with van der Waals surface area (Å²) in [6.07, 6.45) is 7.85. The minimum atomic E-state index is 0.644. The van der Waals surface area contributed by atoms with E-state index in [1.54, 1.807) is 0 Å². The Morgan fingerprint density at radius 3 is 3.00 bits per heavy atom. The normalized spacial score (nSPS) is 19.4. The van der Waals surface area contributed by atoms with E-state index >= 15 is 0 Å². The minimum absolute atomic E-state index is 0.644. The molecule has 0 amide bonds. The lowest BCUT2D eigenvalue weighted by atomic mass is 10.0. The van der Waals surface area contributed by atoms with Gasteiger partial charge in [-0.1, -0.05) is 30.7 Å². The van der Waals surface area contributed by atoms with Crippen molar-refractivity contribution in [2.24, 2.45) is 0 Å². The van der Waals surface area contributed by atoms with Crippen molar-refractivity contribution in [2.45, 2.75) is 38.1 Å². The summed E-state index contributed by atoms with van der Waals surface area (Å²) in [5.74, 6) is 1.01. The van der Waals surface area contributed by atoms with Crippen LogP contribution in [0.4, 0.5) is 0 Å². The third-order valence-electron chi connectivity index (χ3n) is 3.47. The molecule has 1 aliphatic heterocycles. The Labute approximate surface area is 110 Å². The van der Waals surface area contributed by atoms with Crippen LogP contribution in [0, 0.1) is 0 Å². The maximum absolute atomic E-state index is 5.90. The summed E-state index contributed by atoms with van der Waals surface area (Å²) in [5, 5.41) is 3.55. The van der Waals surface area contributed by atoms with Crippen molar-refractivity contribution in [1.29, 1.82) is 0 Å². The van der Waals surface area contributed by atoms with Gasteiger partial charge in [0.2, 0.25) is 0 Å². The Bertz CT molecular complexity index is 369. The number of allylic oxidation sites excluding steroid dienone is 1. The molecule has 1 aromatic rings. The predicted octanol–water partition coefficient (Wildman–Crippen LogP) is 3.33. The monoisotopic (exact) mass is 245 g/mol. The maximum atomic E-state index is 5.90. The van der Waals surface area contributed by atoms with Crippen LogP contribution in [0.3, 0.4) is 0 Å². The first-order valence-corrected chi connectivity index (χ1v) is 6.95. The average Bonchev–Trinajstić information content (AvgIpc) is 2.42. The third kappa shape index (κ3) is 3.88. The Morgan fingerprint density at radius 1 is 1.33 bits per heavy atom. The van der Waals surface area contributed by atoms with Gasteiger partial charge in [-0.05, 0) is 43.9 Å². The zero-order chi connectivity index (χ0) is 12.6. The second-order valence-electron chi connectivity index (χ2n) is 4.88. The number of hydrogen-bond donors (Lipinski definition) is 1. The molecule has 0 unspecified atom stereocenters. The standard InChI is InChI=1S/C16H23NO/c1-2-7-14-8-3-4-10-16(14)18-13-11-15-9-5-6-12-17-15/h2-4,8,10,15,17H,1,5-7,9,11-13H2/t15-/m1/s1. The van der Waals surface area contributed by atoms with Gasteiger partial charge in [0.05, 0.1) is 6.61 Å². The summed E-state index contributed by atoms with van der Waals surface area (Å²) < 4.78 is 5.90. The molecule has 1 heterocycles. The topological polar surface area (TPSA) is 21.3 Å². The molecule has 2 heteroatoms. The van der Waals surface area contributed by atoms with Crippen LogP contribution in [0.15, 0.2) is 36.9 Å². The van der Waals surface area contributed by atoms with E-state index in [1.165, 1.54) is 24.8 Å². The smallest absolute Gasteiger partial charge is 0.122 e. The largest absolute Gasteiger partial charge is 0.493 e. The Morgan fingerprint density at radius 2 is 2.22 bits per heavy atom. The van der Waals surface area contributed by atoms with Crippen LogP contribution in [-0.4, -0.2) is 19.2 Å². The average molecular weight is 245 g/mol. The summed E-state index contributed by atoms with van der Waals surface area (Å²) in [6, 6.07) is 8.88. The van der Waals surface area contributed by atoms with Crippen molar-refractivity contribution in [3.05, 3.63) is 42.5 Å². The molecular formula is C16H23NO. The molecule has 0 bridgehead atoms. The van der Waals surface area contributed by atoms with Gasteiger partial charge in [0.15, 0.2) is 0 Å². The highest BCUT2D eigenvalue weighted by atomic mass is 16.5. The molecule has 1 N–H and O–H groups in total. The summed E-state index contributed by atoms with van der Waals surface area (Å²) >= 11 is 0. The van der Waals surface area contributed by atoms with Gasteiger partial charge in [-0.25, -0.2) is 0 Å². The lowest BCUT2D eigenvalue weighted by Crippen LogP contribution is -2.35. The first kappa shape index (κ1) is 13.2. The number of rotatable bonds is 6. The number of ether oxygens (including phenoxy) is 1. The van der Waals surface area contributed by atoms with Crippen LogP contribution in [0.5, 0.6) is 5.75 Å². The molecule has 98 valence electrons. The molecule has 18 heavy (non-hydrogen) atoms. The number of hydrogen-bond acceptors (Lipinski definition) is 2. The van der Waals surface area contributed by atoms with Gasteiger partial charge in [0.1, 0.15) is 5.75 Å². The van der Waals surface area contributed by atoms with E-state index in [2.05, 4.69) is 18.0 Å². The van der Waals surface area contributed by atoms with Gasteiger partial charge in [0.25, 0.3) is 0 Å². The fourth-order valence-corrected chi connectivity index (χ4v) is 2.45. The second-order valence-corrected chi connectivity index (χ2v) is 4.88. The van der Waals surface area contributed by atoms with Gasteiger partial charge in [-0.2, -0.15) is 0 Å². The molecule has 0 aromatic heterocycles. The molecular weight excluding hydrogens is 222 g/mol. The number of piperidine rings is 1. The van der Waals surface area contributed by atoms with Crippen LogP contribution in [0.2, 0.25) is 0 Å². The third-order valence-corrected chi connectivity index (χ3v) is 3.47. The van der Waals surface area contributed by atoms with Crippen molar-refractivity contribution < 1.29 is 4.74 Å². The van der Waals surface area contributed by atoms with Gasteiger partial charge in [-0.3, -0.25) is 0 Å². The fourth-order valence-electron chi connectivity index (χ4n) is 2.45. The van der Waals surface area contributed by atoms with Crippen LogP contribution < -0.4 is 10.1 Å². The molecule has 2 nitrogen and oxygen atoms in total. The first-order chi connectivity index (χ1) is 8.90. The Kier molecular flexibility index (Phi) is 5.28. The Balaban J connectivity index is 1.80. The van der Waals surface area contributed by atoms with E-state index in [0.29, 0.717) is 6.04 Å².